The fraction of sp³-hybridized carbons (Fsp3) is 0.364. The van der Waals surface area contributed by atoms with Gasteiger partial charge in [0.25, 0.3) is 0 Å². The van der Waals surface area contributed by atoms with E-state index in [0.29, 0.717) is 17.6 Å². The molecular weight excluding hydrogens is 386 g/mol. The quantitative estimate of drug-likeness (QED) is 0.697. The number of aromatic nitrogens is 2. The predicted molar refractivity (Wildman–Crippen MR) is 116 cm³/mol. The van der Waals surface area contributed by atoms with Crippen LogP contribution >= 0.6 is 11.6 Å². The van der Waals surface area contributed by atoms with Crippen molar-refractivity contribution in [3.05, 3.63) is 64.9 Å². The highest BCUT2D eigenvalue weighted by Gasteiger charge is 2.28. The maximum atomic E-state index is 12.7. The van der Waals surface area contributed by atoms with Crippen molar-refractivity contribution in [1.29, 1.82) is 0 Å². The second kappa shape index (κ2) is 8.43. The van der Waals surface area contributed by atoms with Crippen LogP contribution in [0.4, 0.5) is 4.79 Å². The Kier molecular flexibility index (Phi) is 5.74. The summed E-state index contributed by atoms with van der Waals surface area (Å²) < 4.78 is 1.99. The zero-order valence-corrected chi connectivity index (χ0v) is 17.6. The molecule has 1 aliphatic heterocycles. The van der Waals surface area contributed by atoms with E-state index in [4.69, 9.17) is 11.6 Å². The number of fused-ring (bicyclic) bond motifs is 1. The van der Waals surface area contributed by atoms with Crippen molar-refractivity contribution in [2.45, 2.75) is 25.6 Å². The Balaban J connectivity index is 1.32. The zero-order chi connectivity index (χ0) is 20.4. The molecule has 1 saturated heterocycles. The van der Waals surface area contributed by atoms with Gasteiger partial charge in [0.2, 0.25) is 0 Å². The molecule has 0 radical (unpaired) electrons. The minimum atomic E-state index is -0.0364. The Hall–Kier alpha value is -2.57. The maximum absolute atomic E-state index is 12.7. The molecule has 1 aromatic heterocycles. The van der Waals surface area contributed by atoms with Crippen LogP contribution in [0.15, 0.2) is 48.5 Å². The van der Waals surface area contributed by atoms with Gasteiger partial charge in [0.05, 0.1) is 17.6 Å². The molecule has 1 atom stereocenters. The molecule has 2 amide bonds. The van der Waals surface area contributed by atoms with Crippen LogP contribution in [0.1, 0.15) is 17.8 Å². The third kappa shape index (κ3) is 4.38. The highest BCUT2D eigenvalue weighted by molar-refractivity contribution is 6.31. The molecule has 152 valence electrons. The van der Waals surface area contributed by atoms with Crippen LogP contribution in [0, 0.1) is 0 Å². The number of hydrogen-bond donors (Lipinski definition) is 1. The first-order valence-electron chi connectivity index (χ1n) is 9.89. The Morgan fingerprint density at radius 3 is 2.86 bits per heavy atom. The van der Waals surface area contributed by atoms with E-state index in [1.165, 1.54) is 5.56 Å². The van der Waals surface area contributed by atoms with Crippen molar-refractivity contribution < 1.29 is 4.79 Å². The van der Waals surface area contributed by atoms with Gasteiger partial charge in [-0.25, -0.2) is 9.78 Å². The summed E-state index contributed by atoms with van der Waals surface area (Å²) in [6.45, 7) is 2.80. The van der Waals surface area contributed by atoms with Gasteiger partial charge in [-0.05, 0) is 37.2 Å². The lowest BCUT2D eigenvalue weighted by atomic mass is 10.1. The van der Waals surface area contributed by atoms with Gasteiger partial charge in [-0.3, -0.25) is 4.90 Å². The van der Waals surface area contributed by atoms with Crippen molar-refractivity contribution in [3.63, 3.8) is 0 Å². The van der Waals surface area contributed by atoms with Crippen molar-refractivity contribution >= 4 is 28.7 Å². The third-order valence-corrected chi connectivity index (χ3v) is 5.92. The Labute approximate surface area is 176 Å². The fourth-order valence-corrected chi connectivity index (χ4v) is 4.10. The highest BCUT2D eigenvalue weighted by Crippen LogP contribution is 2.20. The van der Waals surface area contributed by atoms with Gasteiger partial charge in [0.15, 0.2) is 0 Å². The Bertz CT molecular complexity index is 1000. The van der Waals surface area contributed by atoms with Crippen LogP contribution in [0.2, 0.25) is 5.02 Å². The minimum Gasteiger partial charge on any atom is -0.331 e. The topological polar surface area (TPSA) is 53.4 Å². The summed E-state index contributed by atoms with van der Waals surface area (Å²) in [5.41, 5.74) is 3.13. The number of urea groups is 1. The number of imidazole rings is 1. The van der Waals surface area contributed by atoms with E-state index in [2.05, 4.69) is 46.5 Å². The molecule has 3 aromatic rings. The largest absolute Gasteiger partial charge is 0.331 e. The Morgan fingerprint density at radius 1 is 1.28 bits per heavy atom. The first-order valence-corrected chi connectivity index (χ1v) is 10.3. The summed E-state index contributed by atoms with van der Waals surface area (Å²) >= 11 is 6.05. The SMILES string of the molecule is CN(Cc1ccccc1)C1CCN(C(=O)NCc2nc3cc(Cl)ccc3n2C)C1. The summed E-state index contributed by atoms with van der Waals surface area (Å²) in [7, 11) is 4.08. The highest BCUT2D eigenvalue weighted by atomic mass is 35.5. The number of halogens is 1. The van der Waals surface area contributed by atoms with Crippen LogP contribution in [0.3, 0.4) is 0 Å². The molecule has 0 bridgehead atoms. The summed E-state index contributed by atoms with van der Waals surface area (Å²) in [6.07, 6.45) is 0.988. The van der Waals surface area contributed by atoms with Gasteiger partial charge in [-0.15, -0.1) is 0 Å². The summed E-state index contributed by atoms with van der Waals surface area (Å²) in [5, 5.41) is 3.68. The normalized spacial score (nSPS) is 16.7. The van der Waals surface area contributed by atoms with E-state index in [0.717, 1.165) is 42.9 Å². The number of hydrogen-bond acceptors (Lipinski definition) is 3. The fourth-order valence-electron chi connectivity index (χ4n) is 3.93. The maximum Gasteiger partial charge on any atom is 0.317 e. The van der Waals surface area contributed by atoms with E-state index in [-0.39, 0.29) is 6.03 Å². The number of aryl methyl sites for hydroxylation is 1. The third-order valence-electron chi connectivity index (χ3n) is 5.68. The smallest absolute Gasteiger partial charge is 0.317 e. The van der Waals surface area contributed by atoms with Gasteiger partial charge in [0, 0.05) is 37.7 Å². The molecule has 1 fully saturated rings. The molecule has 2 aromatic carbocycles. The number of carbonyl (C=O) groups excluding carboxylic acids is 1. The standard InChI is InChI=1S/C22H26ClN5O/c1-26(14-16-6-4-3-5-7-16)18-10-11-28(15-18)22(29)24-13-21-25-19-12-17(23)8-9-20(19)27(21)2/h3-9,12,18H,10-11,13-15H2,1-2H3,(H,24,29). The number of nitrogens with zero attached hydrogens (tertiary/aromatic N) is 4. The van der Waals surface area contributed by atoms with Crippen LogP contribution in [-0.4, -0.2) is 51.6 Å². The molecule has 2 heterocycles. The second-order valence-corrected chi connectivity index (χ2v) is 8.10. The molecule has 1 unspecified atom stereocenters. The molecule has 4 rings (SSSR count). The predicted octanol–water partition coefficient (Wildman–Crippen LogP) is 3.64. The van der Waals surface area contributed by atoms with Crippen molar-refractivity contribution in [3.8, 4) is 0 Å². The number of nitrogens with one attached hydrogen (secondary N) is 1. The summed E-state index contributed by atoms with van der Waals surface area (Å²) in [4.78, 5) is 21.5. The number of rotatable bonds is 5. The zero-order valence-electron chi connectivity index (χ0n) is 16.8. The van der Waals surface area contributed by atoms with E-state index in [1.807, 2.05) is 40.8 Å². The first kappa shape index (κ1) is 19.7. The van der Waals surface area contributed by atoms with Crippen LogP contribution in [0.25, 0.3) is 11.0 Å². The average Bonchev–Trinajstić information content (AvgIpc) is 3.32. The summed E-state index contributed by atoms with van der Waals surface area (Å²) in [6, 6.07) is 16.4. The molecule has 29 heavy (non-hydrogen) atoms. The van der Waals surface area contributed by atoms with Gasteiger partial charge < -0.3 is 14.8 Å². The van der Waals surface area contributed by atoms with Gasteiger partial charge in [0.1, 0.15) is 5.82 Å². The molecule has 0 saturated carbocycles. The first-order chi connectivity index (χ1) is 14.0. The molecule has 1 N–H and O–H groups in total. The van der Waals surface area contributed by atoms with Crippen molar-refractivity contribution in [2.75, 3.05) is 20.1 Å². The molecule has 1 aliphatic rings. The minimum absolute atomic E-state index is 0.0364. The van der Waals surface area contributed by atoms with Gasteiger partial charge in [-0.2, -0.15) is 0 Å². The van der Waals surface area contributed by atoms with E-state index >= 15 is 0 Å². The van der Waals surface area contributed by atoms with E-state index in [9.17, 15) is 4.79 Å². The lowest BCUT2D eigenvalue weighted by Gasteiger charge is -2.24. The lowest BCUT2D eigenvalue weighted by Crippen LogP contribution is -2.41. The van der Waals surface area contributed by atoms with Crippen LogP contribution in [0.5, 0.6) is 0 Å². The molecule has 0 aliphatic carbocycles. The second-order valence-electron chi connectivity index (χ2n) is 7.67. The number of likely N-dealkylation sites (tertiary alicyclic amines) is 1. The van der Waals surface area contributed by atoms with Crippen molar-refractivity contribution in [1.82, 2.24) is 24.7 Å². The molecule has 7 heteroatoms. The monoisotopic (exact) mass is 411 g/mol. The number of likely N-dealkylation sites (N-methyl/N-ethyl adjacent to an activating group) is 1. The van der Waals surface area contributed by atoms with Crippen LogP contribution < -0.4 is 5.32 Å². The molecule has 0 spiro atoms. The van der Waals surface area contributed by atoms with Gasteiger partial charge in [-0.1, -0.05) is 41.9 Å². The van der Waals surface area contributed by atoms with Crippen LogP contribution in [-0.2, 0) is 20.1 Å². The molecular formula is C22H26ClN5O. The van der Waals surface area contributed by atoms with Crippen molar-refractivity contribution in [2.24, 2.45) is 7.05 Å². The Morgan fingerprint density at radius 2 is 2.07 bits per heavy atom. The number of benzene rings is 2. The molecule has 6 nitrogen and oxygen atoms in total. The van der Waals surface area contributed by atoms with Gasteiger partial charge >= 0.3 is 6.03 Å². The summed E-state index contributed by atoms with van der Waals surface area (Å²) in [5.74, 6) is 0.813. The number of amides is 2. The number of carbonyl (C=O) groups is 1. The van der Waals surface area contributed by atoms with E-state index in [1.54, 1.807) is 0 Å². The lowest BCUT2D eigenvalue weighted by molar-refractivity contribution is 0.196. The average molecular weight is 412 g/mol. The van der Waals surface area contributed by atoms with E-state index < -0.39 is 0 Å².